The highest BCUT2D eigenvalue weighted by atomic mass is 35.5. The number of carbonyl (C=O) groups excluding carboxylic acids is 2. The molecule has 7 heteroatoms. The molecule has 0 saturated carbocycles. The molecule has 2 amide bonds. The lowest BCUT2D eigenvalue weighted by atomic mass is 10.2. The van der Waals surface area contributed by atoms with E-state index in [1.54, 1.807) is 17.0 Å². The summed E-state index contributed by atoms with van der Waals surface area (Å²) in [7, 11) is 0. The molecule has 1 fully saturated rings. The summed E-state index contributed by atoms with van der Waals surface area (Å²) in [5.74, 6) is -0.144. The first kappa shape index (κ1) is 17.6. The molecule has 0 bridgehead atoms. The van der Waals surface area contributed by atoms with Crippen LogP contribution in [0.1, 0.15) is 26.2 Å². The predicted octanol–water partition coefficient (Wildman–Crippen LogP) is 3.17. The second kappa shape index (κ2) is 7.76. The highest BCUT2D eigenvalue weighted by molar-refractivity contribution is 8.01. The number of hydrogen-bond acceptors (Lipinski definition) is 4. The van der Waals surface area contributed by atoms with Crippen molar-refractivity contribution in [2.75, 3.05) is 25.0 Å². The van der Waals surface area contributed by atoms with E-state index in [1.165, 1.54) is 11.8 Å². The SMILES string of the molecule is CCN(CC1CCCO1)C(=O)CC1Sc2ccc(Cl)cc2NC1=O. The molecule has 0 spiro atoms. The van der Waals surface area contributed by atoms with Crippen LogP contribution >= 0.6 is 23.4 Å². The molecule has 1 saturated heterocycles. The summed E-state index contributed by atoms with van der Waals surface area (Å²) in [4.78, 5) is 27.6. The van der Waals surface area contributed by atoms with Crippen LogP contribution in [0.15, 0.2) is 23.1 Å². The van der Waals surface area contributed by atoms with Crippen LogP contribution in [0.4, 0.5) is 5.69 Å². The lowest BCUT2D eigenvalue weighted by Gasteiger charge is -2.28. The van der Waals surface area contributed by atoms with Crippen LogP contribution in [-0.2, 0) is 14.3 Å². The highest BCUT2D eigenvalue weighted by Crippen LogP contribution is 2.38. The molecule has 130 valence electrons. The first-order valence-electron chi connectivity index (χ1n) is 8.23. The van der Waals surface area contributed by atoms with Gasteiger partial charge in [-0.25, -0.2) is 0 Å². The Morgan fingerprint density at radius 3 is 3.04 bits per heavy atom. The third kappa shape index (κ3) is 4.05. The Morgan fingerprint density at radius 2 is 2.33 bits per heavy atom. The van der Waals surface area contributed by atoms with Gasteiger partial charge < -0.3 is 15.0 Å². The Labute approximate surface area is 151 Å². The van der Waals surface area contributed by atoms with Crippen LogP contribution in [0.3, 0.4) is 0 Å². The highest BCUT2D eigenvalue weighted by Gasteiger charge is 2.31. The zero-order valence-electron chi connectivity index (χ0n) is 13.6. The molecule has 2 aliphatic rings. The molecule has 2 atom stereocenters. The summed E-state index contributed by atoms with van der Waals surface area (Å²) in [6.07, 6.45) is 2.37. The van der Waals surface area contributed by atoms with E-state index in [1.807, 2.05) is 13.0 Å². The van der Waals surface area contributed by atoms with Gasteiger partial charge in [0.05, 0.1) is 17.0 Å². The summed E-state index contributed by atoms with van der Waals surface area (Å²) in [5, 5.41) is 3.02. The van der Waals surface area contributed by atoms with E-state index in [2.05, 4.69) is 5.32 Å². The third-order valence-electron chi connectivity index (χ3n) is 4.30. The number of nitrogens with zero attached hydrogens (tertiary/aromatic N) is 1. The number of anilines is 1. The van der Waals surface area contributed by atoms with Gasteiger partial charge in [0.15, 0.2) is 0 Å². The van der Waals surface area contributed by atoms with Crippen molar-refractivity contribution in [1.29, 1.82) is 0 Å². The molecule has 3 rings (SSSR count). The summed E-state index contributed by atoms with van der Waals surface area (Å²) in [6, 6.07) is 5.40. The molecule has 1 aromatic rings. The minimum absolute atomic E-state index is 0.00179. The van der Waals surface area contributed by atoms with E-state index < -0.39 is 5.25 Å². The van der Waals surface area contributed by atoms with Gasteiger partial charge in [0.25, 0.3) is 0 Å². The quantitative estimate of drug-likeness (QED) is 0.867. The van der Waals surface area contributed by atoms with Gasteiger partial charge in [-0.3, -0.25) is 9.59 Å². The van der Waals surface area contributed by atoms with Crippen molar-refractivity contribution in [1.82, 2.24) is 4.90 Å². The molecular formula is C17H21ClN2O3S. The zero-order valence-corrected chi connectivity index (χ0v) is 15.2. The van der Waals surface area contributed by atoms with Crippen LogP contribution < -0.4 is 5.32 Å². The first-order chi connectivity index (χ1) is 11.6. The summed E-state index contributed by atoms with van der Waals surface area (Å²) in [6.45, 7) is 3.97. The molecule has 2 heterocycles. The smallest absolute Gasteiger partial charge is 0.238 e. The molecule has 2 unspecified atom stereocenters. The van der Waals surface area contributed by atoms with Crippen molar-refractivity contribution >= 4 is 40.9 Å². The standard InChI is InChI=1S/C17H21ClN2O3S/c1-2-20(10-12-4-3-7-23-12)16(21)9-15-17(22)19-13-8-11(18)5-6-14(13)24-15/h5-6,8,12,15H,2-4,7,9-10H2,1H3,(H,19,22). The second-order valence-corrected chi connectivity index (χ2v) is 7.69. The molecular weight excluding hydrogens is 348 g/mol. The van der Waals surface area contributed by atoms with E-state index in [9.17, 15) is 9.59 Å². The Balaban J connectivity index is 1.62. The van der Waals surface area contributed by atoms with Gasteiger partial charge in [0.2, 0.25) is 11.8 Å². The molecule has 0 aromatic heterocycles. The van der Waals surface area contributed by atoms with E-state index in [-0.39, 0.29) is 24.3 Å². The number of halogens is 1. The second-order valence-electron chi connectivity index (χ2n) is 6.01. The molecule has 1 aromatic carbocycles. The van der Waals surface area contributed by atoms with Gasteiger partial charge in [-0.1, -0.05) is 11.6 Å². The van der Waals surface area contributed by atoms with Crippen LogP contribution in [0.25, 0.3) is 0 Å². The molecule has 0 aliphatic carbocycles. The first-order valence-corrected chi connectivity index (χ1v) is 9.49. The topological polar surface area (TPSA) is 58.6 Å². The normalized spacial score (nSPS) is 22.8. The van der Waals surface area contributed by atoms with Crippen molar-refractivity contribution in [2.45, 2.75) is 42.4 Å². The molecule has 0 radical (unpaired) electrons. The number of likely N-dealkylation sites (N-methyl/N-ethyl adjacent to an activating group) is 1. The Kier molecular flexibility index (Phi) is 5.69. The van der Waals surface area contributed by atoms with Gasteiger partial charge in [-0.15, -0.1) is 11.8 Å². The number of thioether (sulfide) groups is 1. The third-order valence-corrected chi connectivity index (χ3v) is 5.81. The maximum Gasteiger partial charge on any atom is 0.238 e. The van der Waals surface area contributed by atoms with E-state index in [0.717, 1.165) is 24.3 Å². The Hall–Kier alpha value is -1.24. The lowest BCUT2D eigenvalue weighted by molar-refractivity contribution is -0.133. The van der Waals surface area contributed by atoms with Gasteiger partial charge in [-0.05, 0) is 38.0 Å². The number of carbonyl (C=O) groups is 2. The van der Waals surface area contributed by atoms with Gasteiger partial charge in [0.1, 0.15) is 0 Å². The molecule has 5 nitrogen and oxygen atoms in total. The van der Waals surface area contributed by atoms with Crippen molar-refractivity contribution in [3.8, 4) is 0 Å². The van der Waals surface area contributed by atoms with Crippen molar-refractivity contribution < 1.29 is 14.3 Å². The van der Waals surface area contributed by atoms with Crippen molar-refractivity contribution in [3.63, 3.8) is 0 Å². The number of hydrogen-bond donors (Lipinski definition) is 1. The van der Waals surface area contributed by atoms with Gasteiger partial charge in [-0.2, -0.15) is 0 Å². The molecule has 24 heavy (non-hydrogen) atoms. The van der Waals surface area contributed by atoms with Crippen LogP contribution in [-0.4, -0.2) is 47.8 Å². The number of benzene rings is 1. The summed E-state index contributed by atoms with van der Waals surface area (Å²) >= 11 is 7.38. The van der Waals surface area contributed by atoms with Crippen LogP contribution in [0.5, 0.6) is 0 Å². The van der Waals surface area contributed by atoms with Gasteiger partial charge >= 0.3 is 0 Å². The molecule has 1 N–H and O–H groups in total. The number of fused-ring (bicyclic) bond motifs is 1. The van der Waals surface area contributed by atoms with Crippen LogP contribution in [0.2, 0.25) is 5.02 Å². The number of amides is 2. The Morgan fingerprint density at radius 1 is 1.50 bits per heavy atom. The fraction of sp³-hybridized carbons (Fsp3) is 0.529. The van der Waals surface area contributed by atoms with Crippen LogP contribution in [0, 0.1) is 0 Å². The van der Waals surface area contributed by atoms with Gasteiger partial charge in [0, 0.05) is 36.0 Å². The zero-order chi connectivity index (χ0) is 17.1. The Bertz CT molecular complexity index is 634. The number of rotatable bonds is 5. The predicted molar refractivity (Wildman–Crippen MR) is 95.6 cm³/mol. The largest absolute Gasteiger partial charge is 0.376 e. The van der Waals surface area contributed by atoms with Crippen molar-refractivity contribution in [3.05, 3.63) is 23.2 Å². The van der Waals surface area contributed by atoms with E-state index in [0.29, 0.717) is 23.8 Å². The maximum atomic E-state index is 12.6. The number of nitrogens with one attached hydrogen (secondary N) is 1. The molecule has 2 aliphatic heterocycles. The minimum Gasteiger partial charge on any atom is -0.376 e. The average Bonchev–Trinajstić information content (AvgIpc) is 3.06. The monoisotopic (exact) mass is 368 g/mol. The number of ether oxygens (including phenoxy) is 1. The fourth-order valence-corrected chi connectivity index (χ4v) is 4.24. The van der Waals surface area contributed by atoms with Crippen molar-refractivity contribution in [2.24, 2.45) is 0 Å². The summed E-state index contributed by atoms with van der Waals surface area (Å²) < 4.78 is 5.61. The maximum absolute atomic E-state index is 12.6. The summed E-state index contributed by atoms with van der Waals surface area (Å²) in [5.41, 5.74) is 0.716. The van der Waals surface area contributed by atoms with E-state index in [4.69, 9.17) is 16.3 Å². The van der Waals surface area contributed by atoms with E-state index >= 15 is 0 Å². The minimum atomic E-state index is -0.412. The average molecular weight is 369 g/mol. The fourth-order valence-electron chi connectivity index (χ4n) is 2.99. The lowest BCUT2D eigenvalue weighted by Crippen LogP contribution is -2.40.